The third kappa shape index (κ3) is 26.0. The molecule has 0 aliphatic carbocycles. The first-order valence-corrected chi connectivity index (χ1v) is 13.3. The maximum atomic E-state index is 3.64. The fourth-order valence-corrected chi connectivity index (χ4v) is 4.01. The Bertz CT molecular complexity index is 278. The smallest absolute Gasteiger partial charge is 0.00489 e. The van der Waals surface area contributed by atoms with Crippen LogP contribution in [0, 0.1) is 5.41 Å². The predicted octanol–water partition coefficient (Wildman–Crippen LogP) is 9.44. The molecule has 0 aliphatic heterocycles. The zero-order valence-electron chi connectivity index (χ0n) is 20.6. The van der Waals surface area contributed by atoms with E-state index in [4.69, 9.17) is 0 Å². The molecule has 0 aromatic heterocycles. The standard InChI is InChI=1S/C27H57N/c1-5-6-7-8-9-16-19-22-25-28-26-23-20-17-14-12-10-11-13-15-18-21-24-27(2,3)4/h28H,5-26H2,1-4H3. The van der Waals surface area contributed by atoms with Crippen molar-refractivity contribution in [1.82, 2.24) is 5.32 Å². The van der Waals surface area contributed by atoms with Crippen LogP contribution in [0.15, 0.2) is 0 Å². The normalized spacial score (nSPS) is 12.0. The summed E-state index contributed by atoms with van der Waals surface area (Å²) in [5.41, 5.74) is 0.531. The van der Waals surface area contributed by atoms with E-state index in [2.05, 4.69) is 33.0 Å². The maximum Gasteiger partial charge on any atom is -0.00489 e. The minimum absolute atomic E-state index is 0.531. The van der Waals surface area contributed by atoms with Gasteiger partial charge in [-0.25, -0.2) is 0 Å². The van der Waals surface area contributed by atoms with Crippen molar-refractivity contribution in [3.8, 4) is 0 Å². The van der Waals surface area contributed by atoms with Crippen LogP contribution in [-0.2, 0) is 0 Å². The largest absolute Gasteiger partial charge is 0.317 e. The van der Waals surface area contributed by atoms with Gasteiger partial charge in [-0.1, -0.05) is 137 Å². The molecule has 1 heteroatoms. The van der Waals surface area contributed by atoms with Crippen molar-refractivity contribution in [2.75, 3.05) is 13.1 Å². The summed E-state index contributed by atoms with van der Waals surface area (Å²) in [6.07, 6.45) is 28.7. The summed E-state index contributed by atoms with van der Waals surface area (Å²) in [5.74, 6) is 0. The fraction of sp³-hybridized carbons (Fsp3) is 1.00. The Balaban J connectivity index is 3.01. The van der Waals surface area contributed by atoms with Gasteiger partial charge in [0.05, 0.1) is 0 Å². The lowest BCUT2D eigenvalue weighted by Gasteiger charge is -2.17. The first kappa shape index (κ1) is 28.0. The lowest BCUT2D eigenvalue weighted by atomic mass is 9.89. The van der Waals surface area contributed by atoms with Crippen LogP contribution in [0.1, 0.15) is 156 Å². The van der Waals surface area contributed by atoms with Crippen LogP contribution in [0.3, 0.4) is 0 Å². The SMILES string of the molecule is CCCCCCCCCCNCCCCCCCCCCCCCC(C)(C)C. The van der Waals surface area contributed by atoms with Crippen molar-refractivity contribution in [3.05, 3.63) is 0 Å². The minimum Gasteiger partial charge on any atom is -0.317 e. The van der Waals surface area contributed by atoms with Crippen LogP contribution < -0.4 is 5.32 Å². The average molecular weight is 396 g/mol. The van der Waals surface area contributed by atoms with Crippen LogP contribution in [0.2, 0.25) is 0 Å². The molecule has 0 bridgehead atoms. The van der Waals surface area contributed by atoms with Gasteiger partial charge < -0.3 is 5.32 Å². The molecular formula is C27H57N. The lowest BCUT2D eigenvalue weighted by Crippen LogP contribution is -2.16. The molecule has 1 nitrogen and oxygen atoms in total. The summed E-state index contributed by atoms with van der Waals surface area (Å²) in [4.78, 5) is 0. The quantitative estimate of drug-likeness (QED) is 0.180. The van der Waals surface area contributed by atoms with Gasteiger partial charge in [0, 0.05) is 0 Å². The molecule has 0 amide bonds. The highest BCUT2D eigenvalue weighted by Crippen LogP contribution is 2.22. The highest BCUT2D eigenvalue weighted by molar-refractivity contribution is 4.61. The van der Waals surface area contributed by atoms with Gasteiger partial charge in [0.25, 0.3) is 0 Å². The number of unbranched alkanes of at least 4 members (excludes halogenated alkanes) is 17. The molecule has 0 unspecified atom stereocenters. The third-order valence-electron chi connectivity index (χ3n) is 5.99. The van der Waals surface area contributed by atoms with Crippen LogP contribution in [0.25, 0.3) is 0 Å². The van der Waals surface area contributed by atoms with Crippen molar-refractivity contribution in [2.45, 2.75) is 156 Å². The molecular weight excluding hydrogens is 338 g/mol. The molecule has 0 rings (SSSR count). The number of nitrogens with one attached hydrogen (secondary N) is 1. The molecule has 0 aromatic rings. The average Bonchev–Trinajstić information content (AvgIpc) is 2.65. The van der Waals surface area contributed by atoms with E-state index in [0.717, 1.165) is 0 Å². The van der Waals surface area contributed by atoms with Crippen molar-refractivity contribution >= 4 is 0 Å². The van der Waals surface area contributed by atoms with Gasteiger partial charge in [0.1, 0.15) is 0 Å². The van der Waals surface area contributed by atoms with E-state index in [1.165, 1.54) is 142 Å². The Labute approximate surface area is 180 Å². The second-order valence-corrected chi connectivity index (χ2v) is 10.4. The third-order valence-corrected chi connectivity index (χ3v) is 5.99. The molecule has 0 radical (unpaired) electrons. The van der Waals surface area contributed by atoms with Crippen LogP contribution in [0.4, 0.5) is 0 Å². The molecule has 0 atom stereocenters. The van der Waals surface area contributed by atoms with E-state index in [0.29, 0.717) is 5.41 Å². The van der Waals surface area contributed by atoms with Crippen LogP contribution in [0.5, 0.6) is 0 Å². The number of hydrogen-bond acceptors (Lipinski definition) is 1. The second-order valence-electron chi connectivity index (χ2n) is 10.4. The summed E-state index contributed by atoms with van der Waals surface area (Å²) < 4.78 is 0. The Morgan fingerprint density at radius 1 is 0.429 bits per heavy atom. The van der Waals surface area contributed by atoms with Gasteiger partial charge >= 0.3 is 0 Å². The zero-order valence-corrected chi connectivity index (χ0v) is 20.6. The Morgan fingerprint density at radius 2 is 0.750 bits per heavy atom. The monoisotopic (exact) mass is 395 g/mol. The Hall–Kier alpha value is -0.0400. The lowest BCUT2D eigenvalue weighted by molar-refractivity contribution is 0.356. The van der Waals surface area contributed by atoms with E-state index >= 15 is 0 Å². The summed E-state index contributed by atoms with van der Waals surface area (Å²) in [6.45, 7) is 11.9. The highest BCUT2D eigenvalue weighted by atomic mass is 14.8. The van der Waals surface area contributed by atoms with Crippen molar-refractivity contribution in [3.63, 3.8) is 0 Å². The molecule has 0 aromatic carbocycles. The van der Waals surface area contributed by atoms with Gasteiger partial charge in [0.2, 0.25) is 0 Å². The van der Waals surface area contributed by atoms with Crippen LogP contribution >= 0.6 is 0 Å². The van der Waals surface area contributed by atoms with Crippen molar-refractivity contribution < 1.29 is 0 Å². The van der Waals surface area contributed by atoms with Gasteiger partial charge in [-0.3, -0.25) is 0 Å². The molecule has 28 heavy (non-hydrogen) atoms. The first-order valence-electron chi connectivity index (χ1n) is 13.3. The maximum absolute atomic E-state index is 3.64. The summed E-state index contributed by atoms with van der Waals surface area (Å²) in [5, 5.41) is 3.64. The minimum atomic E-state index is 0.531. The van der Waals surface area contributed by atoms with E-state index in [1.54, 1.807) is 0 Å². The Kier molecular flexibility index (Phi) is 21.6. The van der Waals surface area contributed by atoms with Gasteiger partial charge in [-0.05, 0) is 37.8 Å². The van der Waals surface area contributed by atoms with Crippen LogP contribution in [-0.4, -0.2) is 13.1 Å². The molecule has 1 N–H and O–H groups in total. The number of rotatable bonds is 22. The predicted molar refractivity (Wildman–Crippen MR) is 130 cm³/mol. The molecule has 0 saturated heterocycles. The number of hydrogen-bond donors (Lipinski definition) is 1. The molecule has 170 valence electrons. The highest BCUT2D eigenvalue weighted by Gasteiger charge is 2.08. The molecule has 0 spiro atoms. The van der Waals surface area contributed by atoms with Crippen molar-refractivity contribution in [2.24, 2.45) is 5.41 Å². The summed E-state index contributed by atoms with van der Waals surface area (Å²) in [6, 6.07) is 0. The van der Waals surface area contributed by atoms with Gasteiger partial charge in [-0.15, -0.1) is 0 Å². The Morgan fingerprint density at radius 3 is 1.11 bits per heavy atom. The fourth-order valence-electron chi connectivity index (χ4n) is 4.01. The molecule has 0 fully saturated rings. The summed E-state index contributed by atoms with van der Waals surface area (Å²) >= 11 is 0. The summed E-state index contributed by atoms with van der Waals surface area (Å²) in [7, 11) is 0. The van der Waals surface area contributed by atoms with E-state index in [1.807, 2.05) is 0 Å². The van der Waals surface area contributed by atoms with Gasteiger partial charge in [-0.2, -0.15) is 0 Å². The molecule has 0 saturated carbocycles. The van der Waals surface area contributed by atoms with E-state index in [-0.39, 0.29) is 0 Å². The van der Waals surface area contributed by atoms with E-state index in [9.17, 15) is 0 Å². The second kappa shape index (κ2) is 21.7. The van der Waals surface area contributed by atoms with E-state index < -0.39 is 0 Å². The zero-order chi connectivity index (χ0) is 20.8. The first-order chi connectivity index (χ1) is 13.6. The molecule has 0 heterocycles. The van der Waals surface area contributed by atoms with Crippen molar-refractivity contribution in [1.29, 1.82) is 0 Å². The van der Waals surface area contributed by atoms with Gasteiger partial charge in [0.15, 0.2) is 0 Å². The topological polar surface area (TPSA) is 12.0 Å². The molecule has 0 aliphatic rings.